The molecule has 2 amide bonds. The topological polar surface area (TPSA) is 101 Å². The van der Waals surface area contributed by atoms with Gasteiger partial charge in [-0.2, -0.15) is 0 Å². The third-order valence-electron chi connectivity index (χ3n) is 8.66. The lowest BCUT2D eigenvalue weighted by Gasteiger charge is -2.42. The smallest absolute Gasteiger partial charge is 0.238 e. The van der Waals surface area contributed by atoms with Crippen LogP contribution in [0.15, 0.2) is 80.3 Å². The number of phenolic OH excluding ortho intramolecular Hbond substituents is 1. The first-order valence-electron chi connectivity index (χ1n) is 13.1. The number of Topliss-reactive ketones (excluding diaryl/α,β-unsaturated/α-hetero) is 1. The van der Waals surface area contributed by atoms with Crippen molar-refractivity contribution >= 4 is 67.0 Å². The summed E-state index contributed by atoms with van der Waals surface area (Å²) in [4.78, 5) is 56.0. The lowest BCUT2D eigenvalue weighted by atomic mass is 9.59. The highest BCUT2D eigenvalue weighted by Crippen LogP contribution is 2.57. The van der Waals surface area contributed by atoms with Gasteiger partial charge in [-0.25, -0.2) is 0 Å². The average Bonchev–Trinajstić information content (AvgIpc) is 3.23. The Bertz CT molecular complexity index is 1680. The third kappa shape index (κ3) is 4.04. The van der Waals surface area contributed by atoms with E-state index in [-0.39, 0.29) is 41.3 Å². The maximum absolute atomic E-state index is 14.0. The zero-order chi connectivity index (χ0) is 29.3. The molecule has 2 aromatic rings. The number of imide groups is 1. The van der Waals surface area contributed by atoms with E-state index < -0.39 is 23.7 Å². The minimum absolute atomic E-state index is 0.112. The van der Waals surface area contributed by atoms with E-state index in [9.17, 15) is 24.3 Å². The summed E-state index contributed by atoms with van der Waals surface area (Å²) in [6.07, 6.45) is 5.51. The van der Waals surface area contributed by atoms with Crippen molar-refractivity contribution in [2.45, 2.75) is 25.7 Å². The van der Waals surface area contributed by atoms with Crippen molar-refractivity contribution in [1.29, 1.82) is 0 Å². The van der Waals surface area contributed by atoms with Crippen molar-refractivity contribution in [3.8, 4) is 11.5 Å². The number of rotatable bonds is 4. The first kappa shape index (κ1) is 27.6. The molecule has 1 heterocycles. The van der Waals surface area contributed by atoms with Crippen molar-refractivity contribution in [2.75, 3.05) is 12.0 Å². The largest absolute Gasteiger partial charge is 0.503 e. The molecule has 0 spiro atoms. The number of methoxy groups -OCH3 is 1. The molecule has 2 aromatic carbocycles. The van der Waals surface area contributed by atoms with E-state index in [2.05, 4.69) is 38.4 Å². The molecule has 7 nitrogen and oxygen atoms in total. The Morgan fingerprint density at radius 2 is 1.76 bits per heavy atom. The van der Waals surface area contributed by atoms with Crippen LogP contribution in [0.2, 0.25) is 0 Å². The summed E-state index contributed by atoms with van der Waals surface area (Å²) in [5.41, 5.74) is 3.85. The Balaban J connectivity index is 1.52. The molecule has 1 aliphatic heterocycles. The molecular formula is C32H25Br2NO6. The fourth-order valence-corrected chi connectivity index (χ4v) is 7.66. The van der Waals surface area contributed by atoms with E-state index in [0.717, 1.165) is 11.1 Å². The van der Waals surface area contributed by atoms with Gasteiger partial charge in [-0.15, -0.1) is 0 Å². The molecular weight excluding hydrogens is 654 g/mol. The summed E-state index contributed by atoms with van der Waals surface area (Å²) in [5.74, 6) is -3.42. The first-order valence-corrected chi connectivity index (χ1v) is 14.7. The van der Waals surface area contributed by atoms with Crippen LogP contribution < -0.4 is 9.64 Å². The molecule has 41 heavy (non-hydrogen) atoms. The number of carbonyl (C=O) groups excluding carboxylic acids is 4. The van der Waals surface area contributed by atoms with Crippen LogP contribution in [0.3, 0.4) is 0 Å². The number of hydrogen-bond acceptors (Lipinski definition) is 6. The van der Waals surface area contributed by atoms with Crippen molar-refractivity contribution in [1.82, 2.24) is 0 Å². The van der Waals surface area contributed by atoms with Crippen LogP contribution in [-0.2, 0) is 19.2 Å². The quantitative estimate of drug-likeness (QED) is 0.235. The fourth-order valence-electron chi connectivity index (χ4n) is 6.71. The molecule has 3 aliphatic carbocycles. The number of amides is 2. The average molecular weight is 679 g/mol. The third-order valence-corrected chi connectivity index (χ3v) is 10.8. The maximum Gasteiger partial charge on any atom is 0.238 e. The number of ether oxygens (including phenoxy) is 1. The molecule has 9 heteroatoms. The highest BCUT2D eigenvalue weighted by Gasteiger charge is 2.56. The zero-order valence-corrected chi connectivity index (χ0v) is 25.4. The molecule has 0 saturated carbocycles. The predicted molar refractivity (Wildman–Crippen MR) is 160 cm³/mol. The second kappa shape index (κ2) is 10.1. The van der Waals surface area contributed by atoms with Crippen LogP contribution in [0.25, 0.3) is 6.08 Å². The van der Waals surface area contributed by atoms with E-state index in [1.165, 1.54) is 18.1 Å². The number of aromatic hydroxyl groups is 1. The summed E-state index contributed by atoms with van der Waals surface area (Å²) in [7, 11) is 1.43. The van der Waals surface area contributed by atoms with Gasteiger partial charge in [0.2, 0.25) is 11.8 Å². The van der Waals surface area contributed by atoms with Gasteiger partial charge < -0.3 is 9.84 Å². The van der Waals surface area contributed by atoms with Gasteiger partial charge in [-0.05, 0) is 92.9 Å². The molecule has 0 bridgehead atoms. The number of ketones is 2. The Labute approximate surface area is 253 Å². The number of phenols is 1. The highest BCUT2D eigenvalue weighted by molar-refractivity contribution is 9.13. The molecule has 208 valence electrons. The number of nitrogens with zero attached hydrogens (tertiary/aromatic N) is 1. The fraction of sp³-hybridized carbons (Fsp3) is 0.250. The Morgan fingerprint density at radius 3 is 2.41 bits per heavy atom. The van der Waals surface area contributed by atoms with Gasteiger partial charge in [0.15, 0.2) is 23.1 Å². The number of halogens is 2. The van der Waals surface area contributed by atoms with Crippen LogP contribution in [0.4, 0.5) is 5.69 Å². The monoisotopic (exact) mass is 677 g/mol. The maximum atomic E-state index is 14.0. The van der Waals surface area contributed by atoms with Crippen LogP contribution in [0.5, 0.6) is 11.5 Å². The van der Waals surface area contributed by atoms with E-state index in [1.54, 1.807) is 43.3 Å². The van der Waals surface area contributed by atoms with Gasteiger partial charge >= 0.3 is 0 Å². The molecule has 1 saturated heterocycles. The van der Waals surface area contributed by atoms with Gasteiger partial charge in [0.25, 0.3) is 0 Å². The number of hydrogen-bond donors (Lipinski definition) is 1. The lowest BCUT2D eigenvalue weighted by Crippen LogP contribution is -2.40. The number of carbonyl (C=O) groups is 4. The van der Waals surface area contributed by atoms with E-state index in [0.29, 0.717) is 43.3 Å². The summed E-state index contributed by atoms with van der Waals surface area (Å²) < 4.78 is 6.26. The second-order valence-electron chi connectivity index (χ2n) is 10.7. The summed E-state index contributed by atoms with van der Waals surface area (Å²) in [6.45, 7) is 5.38. The number of allylic oxidation sites excluding steroid dienone is 6. The van der Waals surface area contributed by atoms with Crippen molar-refractivity contribution in [2.24, 2.45) is 17.8 Å². The number of fused-ring (bicyclic) bond motifs is 3. The highest BCUT2D eigenvalue weighted by atomic mass is 79.9. The minimum Gasteiger partial charge on any atom is -0.503 e. The zero-order valence-electron chi connectivity index (χ0n) is 22.2. The normalized spacial score (nSPS) is 25.4. The molecule has 6 rings (SSSR count). The SMILES string of the molecule is C=Cc1ccc(N2C(=O)C3CC=C4C(c5cc(OC)c(O)c(Br)c5Br)C5=C(CC4C3C2=O)C(=O)C=C(C)C5=O)cc1. The predicted octanol–water partition coefficient (Wildman–Crippen LogP) is 6.20. The van der Waals surface area contributed by atoms with E-state index >= 15 is 0 Å². The van der Waals surface area contributed by atoms with Crippen molar-refractivity contribution in [3.05, 3.63) is 91.4 Å². The van der Waals surface area contributed by atoms with Gasteiger partial charge in [-0.3, -0.25) is 24.1 Å². The molecule has 4 aliphatic rings. The molecule has 4 atom stereocenters. The summed E-state index contributed by atoms with van der Waals surface area (Å²) in [6, 6.07) is 8.72. The van der Waals surface area contributed by atoms with Gasteiger partial charge in [-0.1, -0.05) is 36.4 Å². The lowest BCUT2D eigenvalue weighted by molar-refractivity contribution is -0.123. The number of benzene rings is 2. The number of anilines is 1. The second-order valence-corrected chi connectivity index (χ2v) is 12.3. The standard InChI is InChI=1S/C32H25Br2NO6/c1-4-15-5-7-16(8-6-15)35-31(39)18-10-9-17-19(25(18)32(35)40)12-20-22(36)11-14(2)29(37)26(20)24(17)21-13-23(41-3)30(38)28(34)27(21)33/h4-9,11,13,18-19,24-25,38H,1,10,12H2,2-3H3. The van der Waals surface area contributed by atoms with Crippen LogP contribution >= 0.6 is 31.9 Å². The Hall–Kier alpha value is -3.56. The van der Waals surface area contributed by atoms with Crippen molar-refractivity contribution in [3.63, 3.8) is 0 Å². The minimum atomic E-state index is -0.686. The molecule has 1 fully saturated rings. The van der Waals surface area contributed by atoms with E-state index in [1.807, 2.05) is 6.08 Å². The van der Waals surface area contributed by atoms with Crippen LogP contribution in [0.1, 0.15) is 36.8 Å². The van der Waals surface area contributed by atoms with Crippen LogP contribution in [0, 0.1) is 17.8 Å². The van der Waals surface area contributed by atoms with E-state index in [4.69, 9.17) is 4.74 Å². The molecule has 1 N–H and O–H groups in total. The molecule has 4 unspecified atom stereocenters. The molecule has 0 radical (unpaired) electrons. The van der Waals surface area contributed by atoms with Crippen LogP contribution in [-0.4, -0.2) is 35.6 Å². The van der Waals surface area contributed by atoms with Gasteiger partial charge in [0, 0.05) is 27.1 Å². The van der Waals surface area contributed by atoms with Crippen molar-refractivity contribution < 1.29 is 29.0 Å². The van der Waals surface area contributed by atoms with Gasteiger partial charge in [0.05, 0.1) is 29.1 Å². The first-order chi connectivity index (χ1) is 19.6. The summed E-state index contributed by atoms with van der Waals surface area (Å²) in [5, 5.41) is 10.6. The van der Waals surface area contributed by atoms with Gasteiger partial charge in [0.1, 0.15) is 0 Å². The molecule has 0 aromatic heterocycles. The Kier molecular flexibility index (Phi) is 6.77. The summed E-state index contributed by atoms with van der Waals surface area (Å²) >= 11 is 7.01. The Morgan fingerprint density at radius 1 is 1.05 bits per heavy atom.